The van der Waals surface area contributed by atoms with Crippen LogP contribution in [0.25, 0.3) is 0 Å². The van der Waals surface area contributed by atoms with E-state index in [2.05, 4.69) is 10.6 Å². The van der Waals surface area contributed by atoms with Gasteiger partial charge in [-0.2, -0.15) is 0 Å². The van der Waals surface area contributed by atoms with Crippen LogP contribution in [0.4, 0.5) is 0 Å². The van der Waals surface area contributed by atoms with E-state index in [0.717, 1.165) is 4.90 Å². The van der Waals surface area contributed by atoms with Crippen molar-refractivity contribution in [2.75, 3.05) is 19.4 Å². The first kappa shape index (κ1) is 21.9. The maximum Gasteiger partial charge on any atom is 0.273 e. The van der Waals surface area contributed by atoms with Gasteiger partial charge in [0, 0.05) is 23.7 Å². The highest BCUT2D eigenvalue weighted by Gasteiger charge is 2.32. The van der Waals surface area contributed by atoms with Crippen LogP contribution in [0.3, 0.4) is 0 Å². The molecule has 0 heterocycles. The predicted octanol–water partition coefficient (Wildman–Crippen LogP) is 0.556. The van der Waals surface area contributed by atoms with Crippen molar-refractivity contribution < 1.29 is 24.3 Å². The molecule has 1 rings (SSSR count). The van der Waals surface area contributed by atoms with Crippen molar-refractivity contribution in [3.05, 3.63) is 30.3 Å². The molecule has 4 N–H and O–H groups in total. The third kappa shape index (κ3) is 7.42. The summed E-state index contributed by atoms with van der Waals surface area (Å²) in [6, 6.07) is 9.63. The molecule has 144 valence electrons. The number of hydroxylamine groups is 1. The van der Waals surface area contributed by atoms with Crippen molar-refractivity contribution in [3.63, 3.8) is 0 Å². The average Bonchev–Trinajstić information content (AvgIpc) is 2.66. The Kier molecular flexibility index (Phi) is 9.71. The minimum absolute atomic E-state index is 0.146. The fourth-order valence-corrected chi connectivity index (χ4v) is 2.92. The van der Waals surface area contributed by atoms with Gasteiger partial charge >= 0.3 is 0 Å². The number of benzene rings is 1. The van der Waals surface area contributed by atoms with Crippen LogP contribution in [0, 0.1) is 5.92 Å². The number of carbonyl (C=O) groups excluding carboxylic acids is 3. The third-order valence-electron chi connectivity index (χ3n) is 3.54. The lowest BCUT2D eigenvalue weighted by Gasteiger charge is -2.23. The SMILES string of the molecule is CNC(=O)COC(C(=O)NO)C(C)C(=O)NC(C)CSc1ccccc1. The van der Waals surface area contributed by atoms with Gasteiger partial charge in [0.1, 0.15) is 12.7 Å². The van der Waals surface area contributed by atoms with Crippen LogP contribution < -0.4 is 16.1 Å². The van der Waals surface area contributed by atoms with E-state index < -0.39 is 36.4 Å². The smallest absolute Gasteiger partial charge is 0.273 e. The Morgan fingerprint density at radius 1 is 1.15 bits per heavy atom. The second kappa shape index (κ2) is 11.5. The minimum atomic E-state index is -1.29. The average molecular weight is 383 g/mol. The predicted molar refractivity (Wildman–Crippen MR) is 97.7 cm³/mol. The van der Waals surface area contributed by atoms with Crippen LogP contribution in [-0.2, 0) is 19.1 Å². The van der Waals surface area contributed by atoms with Crippen molar-refractivity contribution in [1.29, 1.82) is 0 Å². The molecule has 3 unspecified atom stereocenters. The molecule has 0 aliphatic carbocycles. The number of hydrogen-bond donors (Lipinski definition) is 4. The summed E-state index contributed by atoms with van der Waals surface area (Å²) in [6.45, 7) is 2.95. The van der Waals surface area contributed by atoms with Gasteiger partial charge in [-0.3, -0.25) is 19.6 Å². The van der Waals surface area contributed by atoms with Gasteiger partial charge in [0.15, 0.2) is 0 Å². The molecule has 0 aliphatic heterocycles. The largest absolute Gasteiger partial charge is 0.358 e. The summed E-state index contributed by atoms with van der Waals surface area (Å²) in [4.78, 5) is 36.5. The van der Waals surface area contributed by atoms with Crippen molar-refractivity contribution in [2.24, 2.45) is 5.92 Å². The Labute approximate surface area is 157 Å². The van der Waals surface area contributed by atoms with Gasteiger partial charge in [-0.05, 0) is 19.1 Å². The highest BCUT2D eigenvalue weighted by atomic mass is 32.2. The lowest BCUT2D eigenvalue weighted by Crippen LogP contribution is -2.48. The van der Waals surface area contributed by atoms with E-state index in [1.165, 1.54) is 19.5 Å². The number of rotatable bonds is 10. The first-order chi connectivity index (χ1) is 12.4. The molecule has 0 aliphatic rings. The Bertz CT molecular complexity index is 599. The highest BCUT2D eigenvalue weighted by Crippen LogP contribution is 2.18. The third-order valence-corrected chi connectivity index (χ3v) is 4.81. The van der Waals surface area contributed by atoms with E-state index in [4.69, 9.17) is 9.94 Å². The molecule has 0 spiro atoms. The maximum atomic E-state index is 12.4. The Balaban J connectivity index is 2.57. The van der Waals surface area contributed by atoms with Crippen molar-refractivity contribution in [3.8, 4) is 0 Å². The maximum absolute atomic E-state index is 12.4. The van der Waals surface area contributed by atoms with Crippen LogP contribution in [0.15, 0.2) is 35.2 Å². The monoisotopic (exact) mass is 383 g/mol. The summed E-state index contributed by atoms with van der Waals surface area (Å²) in [5.41, 5.74) is 1.46. The fourth-order valence-electron chi connectivity index (χ4n) is 2.04. The van der Waals surface area contributed by atoms with Crippen molar-refractivity contribution in [2.45, 2.75) is 30.9 Å². The van der Waals surface area contributed by atoms with Gasteiger partial charge in [-0.25, -0.2) is 5.48 Å². The van der Waals surface area contributed by atoms with Crippen LogP contribution in [0.2, 0.25) is 0 Å². The zero-order valence-corrected chi connectivity index (χ0v) is 15.8. The summed E-state index contributed by atoms with van der Waals surface area (Å²) in [5, 5.41) is 14.0. The normalized spacial score (nSPS) is 14.0. The molecule has 0 fully saturated rings. The number of nitrogens with one attached hydrogen (secondary N) is 3. The second-order valence-corrected chi connectivity index (χ2v) is 6.80. The van der Waals surface area contributed by atoms with E-state index in [0.29, 0.717) is 5.75 Å². The molecule has 0 bridgehead atoms. The molecule has 0 radical (unpaired) electrons. The molecule has 26 heavy (non-hydrogen) atoms. The van der Waals surface area contributed by atoms with Crippen LogP contribution >= 0.6 is 11.8 Å². The minimum Gasteiger partial charge on any atom is -0.358 e. The Morgan fingerprint density at radius 2 is 1.81 bits per heavy atom. The van der Waals surface area contributed by atoms with Crippen LogP contribution in [0.5, 0.6) is 0 Å². The molecule has 8 nitrogen and oxygen atoms in total. The van der Waals surface area contributed by atoms with Gasteiger partial charge in [0.05, 0.1) is 5.92 Å². The molecule has 1 aromatic rings. The van der Waals surface area contributed by atoms with Gasteiger partial charge in [0.25, 0.3) is 5.91 Å². The zero-order chi connectivity index (χ0) is 19.5. The number of amides is 3. The lowest BCUT2D eigenvalue weighted by molar-refractivity contribution is -0.152. The second-order valence-electron chi connectivity index (χ2n) is 5.70. The summed E-state index contributed by atoms with van der Waals surface area (Å²) in [5.74, 6) is -1.98. The van der Waals surface area contributed by atoms with Crippen molar-refractivity contribution >= 4 is 29.5 Å². The van der Waals surface area contributed by atoms with Gasteiger partial charge in [0.2, 0.25) is 11.8 Å². The number of likely N-dealkylation sites (N-methyl/N-ethyl adjacent to an activating group) is 1. The summed E-state index contributed by atoms with van der Waals surface area (Å²) < 4.78 is 5.19. The number of carbonyl (C=O) groups is 3. The number of thioether (sulfide) groups is 1. The quantitative estimate of drug-likeness (QED) is 0.266. The van der Waals surface area contributed by atoms with Gasteiger partial charge in [-0.15, -0.1) is 11.8 Å². The fraction of sp³-hybridized carbons (Fsp3) is 0.471. The zero-order valence-electron chi connectivity index (χ0n) is 15.0. The van der Waals surface area contributed by atoms with E-state index in [1.807, 2.05) is 37.3 Å². The topological polar surface area (TPSA) is 117 Å². The molecule has 3 amide bonds. The van der Waals surface area contributed by atoms with Crippen LogP contribution in [0.1, 0.15) is 13.8 Å². The number of ether oxygens (including phenoxy) is 1. The van der Waals surface area contributed by atoms with E-state index in [1.54, 1.807) is 11.8 Å². The molecule has 3 atom stereocenters. The standard InChI is InChI=1S/C17H25N3O5S/c1-11(10-26-13-7-5-4-6-8-13)19-16(22)12(2)15(17(23)20-24)25-9-14(21)18-3/h4-8,11-12,15,24H,9-10H2,1-3H3,(H,18,21)(H,19,22)(H,20,23). The molecule has 9 heteroatoms. The Hall–Kier alpha value is -2.10. The molecule has 0 aromatic heterocycles. The van der Waals surface area contributed by atoms with Crippen molar-refractivity contribution in [1.82, 2.24) is 16.1 Å². The molecular formula is C17H25N3O5S. The van der Waals surface area contributed by atoms with E-state index >= 15 is 0 Å². The molecular weight excluding hydrogens is 358 g/mol. The first-order valence-corrected chi connectivity index (χ1v) is 9.12. The molecule has 0 saturated heterocycles. The number of hydrogen-bond acceptors (Lipinski definition) is 6. The van der Waals surface area contributed by atoms with Crippen LogP contribution in [-0.4, -0.2) is 54.5 Å². The first-order valence-electron chi connectivity index (χ1n) is 8.13. The molecule has 1 aromatic carbocycles. The Morgan fingerprint density at radius 3 is 2.38 bits per heavy atom. The summed E-state index contributed by atoms with van der Waals surface area (Å²) in [7, 11) is 1.43. The van der Waals surface area contributed by atoms with Gasteiger partial charge in [-0.1, -0.05) is 25.1 Å². The van der Waals surface area contributed by atoms with E-state index in [9.17, 15) is 14.4 Å². The summed E-state index contributed by atoms with van der Waals surface area (Å²) in [6.07, 6.45) is -1.29. The van der Waals surface area contributed by atoms with Gasteiger partial charge < -0.3 is 15.4 Å². The highest BCUT2D eigenvalue weighted by molar-refractivity contribution is 7.99. The van der Waals surface area contributed by atoms with E-state index in [-0.39, 0.29) is 6.04 Å². The molecule has 0 saturated carbocycles. The lowest BCUT2D eigenvalue weighted by atomic mass is 10.0. The summed E-state index contributed by atoms with van der Waals surface area (Å²) >= 11 is 1.60.